The number of carbonyl (C=O) groups is 2. The van der Waals surface area contributed by atoms with Gasteiger partial charge in [0.25, 0.3) is 0 Å². The second-order valence-corrected chi connectivity index (χ2v) is 23.7. The average Bonchev–Trinajstić information content (AvgIpc) is 2.78. The number of benzene rings is 1. The first-order valence-electron chi connectivity index (χ1n) is 11.9. The molecule has 0 fully saturated rings. The van der Waals surface area contributed by atoms with Crippen molar-refractivity contribution >= 4 is 42.0 Å². The molecular formula is C24H36FN2O7PSi2. The van der Waals surface area contributed by atoms with Crippen molar-refractivity contribution in [3.63, 3.8) is 0 Å². The van der Waals surface area contributed by atoms with E-state index in [4.69, 9.17) is 18.3 Å². The summed E-state index contributed by atoms with van der Waals surface area (Å²) in [6.07, 6.45) is 1.01. The molecule has 9 nitrogen and oxygen atoms in total. The second-order valence-electron chi connectivity index (χ2n) is 10.8. The summed E-state index contributed by atoms with van der Waals surface area (Å²) >= 11 is 0. The maximum atomic E-state index is 14.0. The zero-order valence-electron chi connectivity index (χ0n) is 22.2. The number of phosphoric ester groups is 1. The van der Waals surface area contributed by atoms with Crippen molar-refractivity contribution < 1.29 is 36.9 Å². The van der Waals surface area contributed by atoms with E-state index < -0.39 is 42.5 Å². The lowest BCUT2D eigenvalue weighted by molar-refractivity contribution is 0.111. The van der Waals surface area contributed by atoms with Gasteiger partial charge in [-0.1, -0.05) is 39.3 Å². The van der Waals surface area contributed by atoms with Crippen LogP contribution >= 0.6 is 7.82 Å². The number of carbonyl (C=O) groups excluding carboxylic acids is 2. The number of nitrogens with one attached hydrogen (secondary N) is 1. The molecule has 0 saturated carbocycles. The van der Waals surface area contributed by atoms with Crippen LogP contribution in [0.1, 0.15) is 16.1 Å². The van der Waals surface area contributed by atoms with Gasteiger partial charge in [-0.15, -0.1) is 0 Å². The van der Waals surface area contributed by atoms with E-state index in [1.54, 1.807) is 6.07 Å². The molecule has 0 aliphatic carbocycles. The van der Waals surface area contributed by atoms with Gasteiger partial charge in [-0.25, -0.2) is 13.8 Å². The molecule has 0 atom stereocenters. The van der Waals surface area contributed by atoms with Crippen molar-refractivity contribution in [2.45, 2.75) is 58.0 Å². The van der Waals surface area contributed by atoms with Crippen LogP contribution < -0.4 is 9.84 Å². The van der Waals surface area contributed by atoms with Gasteiger partial charge in [0.05, 0.1) is 18.9 Å². The largest absolute Gasteiger partial charge is 0.530 e. The minimum atomic E-state index is -4.05. The van der Waals surface area contributed by atoms with Crippen molar-refractivity contribution in [1.29, 1.82) is 0 Å². The smallest absolute Gasteiger partial charge is 0.444 e. The molecule has 37 heavy (non-hydrogen) atoms. The number of pyridine rings is 1. The number of hydrogen-bond donors (Lipinski definition) is 1. The van der Waals surface area contributed by atoms with Crippen molar-refractivity contribution in [3.8, 4) is 5.75 Å². The average molecular weight is 571 g/mol. The first kappa shape index (κ1) is 30.8. The highest BCUT2D eigenvalue weighted by Gasteiger charge is 2.31. The summed E-state index contributed by atoms with van der Waals surface area (Å²) in [7, 11) is -7.02. The highest BCUT2D eigenvalue weighted by atomic mass is 31.2. The lowest BCUT2D eigenvalue weighted by Crippen LogP contribution is -2.23. The Morgan fingerprint density at radius 3 is 2.24 bits per heavy atom. The van der Waals surface area contributed by atoms with Crippen LogP contribution in [0.5, 0.6) is 5.75 Å². The van der Waals surface area contributed by atoms with Crippen LogP contribution in [0.2, 0.25) is 51.4 Å². The van der Waals surface area contributed by atoms with E-state index in [0.29, 0.717) is 6.29 Å². The van der Waals surface area contributed by atoms with E-state index in [0.717, 1.165) is 24.2 Å². The van der Waals surface area contributed by atoms with E-state index >= 15 is 0 Å². The molecule has 1 aromatic heterocycles. The number of rotatable bonds is 14. The lowest BCUT2D eigenvalue weighted by atomic mass is 10.2. The highest BCUT2D eigenvalue weighted by Crippen LogP contribution is 2.51. The molecule has 13 heteroatoms. The molecule has 0 unspecified atom stereocenters. The first-order valence-corrected chi connectivity index (χ1v) is 20.8. The van der Waals surface area contributed by atoms with Crippen LogP contribution in [0.15, 0.2) is 36.5 Å². The van der Waals surface area contributed by atoms with Crippen molar-refractivity contribution in [2.24, 2.45) is 0 Å². The molecule has 0 radical (unpaired) electrons. The van der Waals surface area contributed by atoms with Gasteiger partial charge in [-0.2, -0.15) is 0 Å². The SMILES string of the molecule is C[Si](C)(C)CCOP(=O)(OCC[Si](C)(C)C)Oc1ccc(F)cc1COC(=O)Nc1cccnc1C=O. The number of anilines is 1. The van der Waals surface area contributed by atoms with Crippen molar-refractivity contribution in [1.82, 2.24) is 4.98 Å². The molecule has 1 heterocycles. The Hall–Kier alpha value is -2.38. The van der Waals surface area contributed by atoms with E-state index in [1.807, 2.05) is 0 Å². The topological polar surface area (TPSA) is 113 Å². The number of phosphoric acid groups is 1. The molecule has 1 aromatic carbocycles. The summed E-state index contributed by atoms with van der Waals surface area (Å²) in [6.45, 7) is 13.0. The molecule has 2 aromatic rings. The summed E-state index contributed by atoms with van der Waals surface area (Å²) in [6, 6.07) is 8.05. The van der Waals surface area contributed by atoms with Crippen LogP contribution in [0.25, 0.3) is 0 Å². The maximum Gasteiger partial charge on any atom is 0.530 e. The van der Waals surface area contributed by atoms with Gasteiger partial charge < -0.3 is 9.26 Å². The monoisotopic (exact) mass is 570 g/mol. The fourth-order valence-corrected chi connectivity index (χ4v) is 5.80. The summed E-state index contributed by atoms with van der Waals surface area (Å²) in [4.78, 5) is 27.3. The normalized spacial score (nSPS) is 12.2. The van der Waals surface area contributed by atoms with Gasteiger partial charge >= 0.3 is 13.9 Å². The second kappa shape index (κ2) is 13.4. The molecule has 1 N–H and O–H groups in total. The number of ether oxygens (including phenoxy) is 1. The molecule has 2 rings (SSSR count). The van der Waals surface area contributed by atoms with Gasteiger partial charge in [-0.3, -0.25) is 24.1 Å². The Labute approximate surface area is 219 Å². The third-order valence-corrected chi connectivity index (χ3v) is 9.81. The van der Waals surface area contributed by atoms with Gasteiger partial charge in [0.15, 0.2) is 6.29 Å². The molecule has 0 saturated heterocycles. The molecule has 0 bridgehead atoms. The summed E-state index contributed by atoms with van der Waals surface area (Å²) < 4.78 is 49.8. The molecule has 0 aliphatic rings. The Balaban J connectivity index is 2.16. The van der Waals surface area contributed by atoms with Crippen molar-refractivity contribution in [3.05, 3.63) is 53.6 Å². The number of amides is 1. The summed E-state index contributed by atoms with van der Waals surface area (Å²) in [5.41, 5.74) is 0.315. The molecule has 204 valence electrons. The van der Waals surface area contributed by atoms with Gasteiger partial charge in [0.1, 0.15) is 23.9 Å². The number of aromatic nitrogens is 1. The predicted molar refractivity (Wildman–Crippen MR) is 146 cm³/mol. The molecule has 0 spiro atoms. The van der Waals surface area contributed by atoms with Crippen LogP contribution in [0.3, 0.4) is 0 Å². The lowest BCUT2D eigenvalue weighted by Gasteiger charge is -2.23. The van der Waals surface area contributed by atoms with E-state index in [9.17, 15) is 18.5 Å². The summed E-state index contributed by atoms with van der Waals surface area (Å²) in [5, 5.41) is 2.41. The summed E-state index contributed by atoms with van der Waals surface area (Å²) in [5.74, 6) is -0.593. The Morgan fingerprint density at radius 1 is 1.05 bits per heavy atom. The third-order valence-electron chi connectivity index (χ3n) is 4.98. The Kier molecular flexibility index (Phi) is 11.2. The fraction of sp³-hybridized carbons (Fsp3) is 0.458. The maximum absolute atomic E-state index is 14.0. The first-order chi connectivity index (χ1) is 17.2. The van der Waals surface area contributed by atoms with Crippen LogP contribution in [0, 0.1) is 5.82 Å². The van der Waals surface area contributed by atoms with Gasteiger partial charge in [0.2, 0.25) is 0 Å². The van der Waals surface area contributed by atoms with E-state index in [2.05, 4.69) is 49.6 Å². The van der Waals surface area contributed by atoms with Gasteiger partial charge in [-0.05, 0) is 42.4 Å². The number of nitrogens with zero attached hydrogens (tertiary/aromatic N) is 1. The van der Waals surface area contributed by atoms with Crippen LogP contribution in [-0.2, 0) is 25.0 Å². The zero-order valence-corrected chi connectivity index (χ0v) is 25.1. The Morgan fingerprint density at radius 2 is 1.68 bits per heavy atom. The number of aldehydes is 1. The highest BCUT2D eigenvalue weighted by molar-refractivity contribution is 7.49. The molecular weight excluding hydrogens is 534 g/mol. The zero-order chi connectivity index (χ0) is 27.7. The standard InChI is InChI=1S/C24H36FN2O7PSi2/c1-36(2,3)14-12-32-35(30,33-13-15-37(4,5)6)34-23-10-9-20(25)16-19(23)18-31-24(29)27-21-8-7-11-26-22(21)17-28/h7-11,16-17H,12-15,18H2,1-6H3,(H,27,29). The van der Waals surface area contributed by atoms with E-state index in [-0.39, 0.29) is 35.9 Å². The third kappa shape index (κ3) is 11.7. The van der Waals surface area contributed by atoms with Gasteiger partial charge in [0, 0.05) is 27.9 Å². The minimum Gasteiger partial charge on any atom is -0.444 e. The Bertz CT molecular complexity index is 1100. The van der Waals surface area contributed by atoms with Crippen LogP contribution in [0.4, 0.5) is 14.9 Å². The van der Waals surface area contributed by atoms with Crippen LogP contribution in [-0.4, -0.2) is 46.7 Å². The fourth-order valence-electron chi connectivity index (χ4n) is 2.79. The molecule has 0 aliphatic heterocycles. The quantitative estimate of drug-likeness (QED) is 0.147. The number of halogens is 1. The van der Waals surface area contributed by atoms with Crippen molar-refractivity contribution in [2.75, 3.05) is 18.5 Å². The minimum absolute atomic E-state index is 0.00787. The van der Waals surface area contributed by atoms with E-state index in [1.165, 1.54) is 18.3 Å². The number of hydrogen-bond acceptors (Lipinski definition) is 8. The predicted octanol–water partition coefficient (Wildman–Crippen LogP) is 6.98. The molecule has 1 amide bonds.